The number of nitrogens with two attached hydrogens (primary N) is 1. The second-order valence-electron chi connectivity index (χ2n) is 6.69. The van der Waals surface area contributed by atoms with Gasteiger partial charge in [-0.1, -0.05) is 37.6 Å². The monoisotopic (exact) mass is 409 g/mol. The molecule has 1 aromatic rings. The molecule has 1 aliphatic heterocycles. The Morgan fingerprint density at radius 1 is 1.39 bits per heavy atom. The highest BCUT2D eigenvalue weighted by Crippen LogP contribution is 2.19. The molecule has 156 valence electrons. The predicted octanol–water partition coefficient (Wildman–Crippen LogP) is 3.12. The van der Waals surface area contributed by atoms with Gasteiger partial charge in [0.1, 0.15) is 0 Å². The molecule has 1 unspecified atom stereocenters. The molecular formula is C21H32ClN3O3. The van der Waals surface area contributed by atoms with Crippen molar-refractivity contribution in [2.45, 2.75) is 53.0 Å². The van der Waals surface area contributed by atoms with Crippen LogP contribution in [0.1, 0.15) is 44.7 Å². The maximum Gasteiger partial charge on any atom is 0.289 e. The van der Waals surface area contributed by atoms with Crippen LogP contribution in [0.25, 0.3) is 0 Å². The fraction of sp³-hybridized carbons (Fsp3) is 0.524. The lowest BCUT2D eigenvalue weighted by Crippen LogP contribution is -2.36. The summed E-state index contributed by atoms with van der Waals surface area (Å²) >= 11 is 6.13. The number of carbonyl (C=O) groups is 2. The van der Waals surface area contributed by atoms with E-state index >= 15 is 0 Å². The first kappa shape index (κ1) is 24.0. The molecule has 1 aromatic carbocycles. The largest absolute Gasteiger partial charge is 0.503 e. The van der Waals surface area contributed by atoms with Crippen molar-refractivity contribution >= 4 is 23.4 Å². The van der Waals surface area contributed by atoms with Gasteiger partial charge in [0, 0.05) is 17.6 Å². The van der Waals surface area contributed by atoms with Crippen LogP contribution < -0.4 is 11.1 Å². The second kappa shape index (κ2) is 11.7. The molecule has 0 saturated carbocycles. The van der Waals surface area contributed by atoms with E-state index in [1.54, 1.807) is 0 Å². The zero-order valence-electron chi connectivity index (χ0n) is 17.2. The van der Waals surface area contributed by atoms with Crippen molar-refractivity contribution < 1.29 is 14.7 Å². The third-order valence-corrected chi connectivity index (χ3v) is 4.92. The summed E-state index contributed by atoms with van der Waals surface area (Å²) in [5, 5.41) is 13.5. The molecule has 0 fully saturated rings. The quantitative estimate of drug-likeness (QED) is 0.614. The average molecular weight is 410 g/mol. The maximum absolute atomic E-state index is 12.4. The Kier molecular flexibility index (Phi) is 10.0. The molecule has 0 aliphatic carbocycles. The molecule has 0 spiro atoms. The summed E-state index contributed by atoms with van der Waals surface area (Å²) < 4.78 is 0. The Morgan fingerprint density at radius 3 is 2.68 bits per heavy atom. The molecule has 0 bridgehead atoms. The van der Waals surface area contributed by atoms with Crippen LogP contribution >= 0.6 is 11.6 Å². The number of rotatable bonds is 8. The molecule has 0 radical (unpaired) electrons. The van der Waals surface area contributed by atoms with Crippen molar-refractivity contribution in [3.8, 4) is 0 Å². The van der Waals surface area contributed by atoms with Gasteiger partial charge in [-0.05, 0) is 56.8 Å². The Hall–Kier alpha value is -2.05. The third kappa shape index (κ3) is 6.53. The molecule has 1 aliphatic rings. The van der Waals surface area contributed by atoms with Crippen LogP contribution in [0.5, 0.6) is 0 Å². The molecule has 1 atom stereocenters. The van der Waals surface area contributed by atoms with Gasteiger partial charge >= 0.3 is 0 Å². The number of carbonyl (C=O) groups excluding carboxylic acids is 2. The zero-order chi connectivity index (χ0) is 21.3. The molecule has 0 aromatic heterocycles. The topological polar surface area (TPSA) is 95.7 Å². The highest BCUT2D eigenvalue weighted by atomic mass is 35.5. The molecule has 0 saturated heterocycles. The normalized spacial score (nSPS) is 14.6. The summed E-state index contributed by atoms with van der Waals surface area (Å²) in [5.41, 5.74) is 7.70. The average Bonchev–Trinajstić information content (AvgIpc) is 2.97. The molecule has 7 heteroatoms. The minimum atomic E-state index is -0.509. The lowest BCUT2D eigenvalue weighted by atomic mass is 10.0. The first-order valence-electron chi connectivity index (χ1n) is 9.80. The van der Waals surface area contributed by atoms with Crippen LogP contribution in [0, 0.1) is 6.92 Å². The summed E-state index contributed by atoms with van der Waals surface area (Å²) in [6.07, 6.45) is 2.13. The van der Waals surface area contributed by atoms with Gasteiger partial charge in [0.15, 0.2) is 5.76 Å². The lowest BCUT2D eigenvalue weighted by molar-refractivity contribution is -0.127. The number of amides is 2. The van der Waals surface area contributed by atoms with Crippen molar-refractivity contribution in [1.29, 1.82) is 0 Å². The number of aliphatic hydroxyl groups is 1. The summed E-state index contributed by atoms with van der Waals surface area (Å²) in [4.78, 5) is 25.8. The fourth-order valence-electron chi connectivity index (χ4n) is 2.82. The number of aryl methyl sites for hydroxylation is 2. The summed E-state index contributed by atoms with van der Waals surface area (Å²) in [6, 6.07) is 5.83. The molecular weight excluding hydrogens is 378 g/mol. The van der Waals surface area contributed by atoms with Crippen LogP contribution in [0.2, 0.25) is 5.02 Å². The van der Waals surface area contributed by atoms with Crippen molar-refractivity contribution in [3.05, 3.63) is 45.7 Å². The van der Waals surface area contributed by atoms with Crippen LogP contribution in [0.3, 0.4) is 0 Å². The fourth-order valence-corrected chi connectivity index (χ4v) is 3.02. The van der Waals surface area contributed by atoms with E-state index in [0.29, 0.717) is 19.5 Å². The van der Waals surface area contributed by atoms with Gasteiger partial charge in [0.25, 0.3) is 11.8 Å². The minimum Gasteiger partial charge on any atom is -0.503 e. The van der Waals surface area contributed by atoms with Gasteiger partial charge in [-0.3, -0.25) is 9.59 Å². The summed E-state index contributed by atoms with van der Waals surface area (Å²) in [6.45, 7) is 8.85. The van der Waals surface area contributed by atoms with Gasteiger partial charge in [0.2, 0.25) is 0 Å². The Balaban J connectivity index is 0.00000190. The van der Waals surface area contributed by atoms with Crippen molar-refractivity contribution in [2.75, 3.05) is 19.6 Å². The first-order valence-corrected chi connectivity index (χ1v) is 10.2. The van der Waals surface area contributed by atoms with Crippen LogP contribution in [-0.4, -0.2) is 47.5 Å². The summed E-state index contributed by atoms with van der Waals surface area (Å²) in [5.74, 6) is -1.37. The van der Waals surface area contributed by atoms with Gasteiger partial charge in [-0.25, -0.2) is 0 Å². The van der Waals surface area contributed by atoms with Crippen LogP contribution in [0.4, 0.5) is 0 Å². The van der Waals surface area contributed by atoms with E-state index in [-0.39, 0.29) is 18.2 Å². The highest BCUT2D eigenvalue weighted by molar-refractivity contribution is 6.31. The molecule has 2 amide bonds. The Labute approximate surface area is 172 Å². The number of hydrogen-bond donors (Lipinski definition) is 3. The highest BCUT2D eigenvalue weighted by Gasteiger charge is 2.33. The van der Waals surface area contributed by atoms with Crippen molar-refractivity contribution in [1.82, 2.24) is 10.2 Å². The van der Waals surface area contributed by atoms with Gasteiger partial charge in [0.05, 0.1) is 12.1 Å². The smallest absolute Gasteiger partial charge is 0.289 e. The number of nitrogens with one attached hydrogen (secondary N) is 1. The van der Waals surface area contributed by atoms with Gasteiger partial charge < -0.3 is 21.1 Å². The summed E-state index contributed by atoms with van der Waals surface area (Å²) in [7, 11) is 0. The molecule has 4 N–H and O–H groups in total. The number of benzene rings is 1. The molecule has 6 nitrogen and oxygen atoms in total. The van der Waals surface area contributed by atoms with Gasteiger partial charge in [-0.15, -0.1) is 0 Å². The Bertz CT molecular complexity index is 719. The number of halogens is 1. The minimum absolute atomic E-state index is 0.101. The molecule has 28 heavy (non-hydrogen) atoms. The van der Waals surface area contributed by atoms with E-state index in [1.807, 2.05) is 45.9 Å². The number of nitrogens with zero attached hydrogens (tertiary/aromatic N) is 1. The zero-order valence-corrected chi connectivity index (χ0v) is 18.0. The van der Waals surface area contributed by atoms with E-state index in [0.717, 1.165) is 29.0 Å². The van der Waals surface area contributed by atoms with Crippen molar-refractivity contribution in [3.63, 3.8) is 0 Å². The molecule has 2 rings (SSSR count). The Morgan fingerprint density at radius 2 is 2.07 bits per heavy atom. The van der Waals surface area contributed by atoms with Gasteiger partial charge in [-0.2, -0.15) is 0 Å². The van der Waals surface area contributed by atoms with Crippen LogP contribution in [0.15, 0.2) is 29.5 Å². The maximum atomic E-state index is 12.4. The van der Waals surface area contributed by atoms with E-state index in [4.69, 9.17) is 17.3 Å². The lowest BCUT2D eigenvalue weighted by Gasteiger charge is -2.17. The van der Waals surface area contributed by atoms with Crippen LogP contribution in [-0.2, 0) is 16.0 Å². The standard InChI is InChI=1S/C19H26ClN3O3.C2H6/c1-12-4-6-14(10-16(12)20)7-5-13(2)22-18(25)15-11-23(9-3-8-21)19(26)17(15)24;1-2/h4,6,10,13,24H,3,5,7-9,11,21H2,1-2H3,(H,22,25);1-2H3. The van der Waals surface area contributed by atoms with E-state index in [1.165, 1.54) is 4.90 Å². The first-order chi connectivity index (χ1) is 13.3. The number of aliphatic hydroxyl groups excluding tert-OH is 1. The second-order valence-corrected chi connectivity index (χ2v) is 7.10. The van der Waals surface area contributed by atoms with E-state index in [2.05, 4.69) is 5.32 Å². The third-order valence-electron chi connectivity index (χ3n) is 4.51. The number of hydrogen-bond acceptors (Lipinski definition) is 4. The van der Waals surface area contributed by atoms with E-state index < -0.39 is 17.6 Å². The van der Waals surface area contributed by atoms with Crippen molar-refractivity contribution in [2.24, 2.45) is 5.73 Å². The molecule has 1 heterocycles. The SMILES string of the molecule is CC.Cc1ccc(CCC(C)NC(=O)C2=C(O)C(=O)N(CCCN)C2)cc1Cl. The van der Waals surface area contributed by atoms with E-state index in [9.17, 15) is 14.7 Å². The predicted molar refractivity (Wildman–Crippen MR) is 113 cm³/mol.